The van der Waals surface area contributed by atoms with Gasteiger partial charge in [0.2, 0.25) is 5.91 Å². The van der Waals surface area contributed by atoms with Gasteiger partial charge in [-0.1, -0.05) is 26.0 Å². The quantitative estimate of drug-likeness (QED) is 0.718. The fourth-order valence-corrected chi connectivity index (χ4v) is 3.47. The lowest BCUT2D eigenvalue weighted by Gasteiger charge is -2.27. The minimum atomic E-state index is -0.273. The van der Waals surface area contributed by atoms with Crippen LogP contribution in [-0.4, -0.2) is 44.5 Å². The highest BCUT2D eigenvalue weighted by molar-refractivity contribution is 5.86. The Balaban J connectivity index is 1.49. The van der Waals surface area contributed by atoms with E-state index in [0.29, 0.717) is 12.6 Å². The number of oxazole rings is 1. The van der Waals surface area contributed by atoms with Gasteiger partial charge in [-0.25, -0.2) is 0 Å². The van der Waals surface area contributed by atoms with Gasteiger partial charge in [-0.2, -0.15) is 20.0 Å². The van der Waals surface area contributed by atoms with Gasteiger partial charge in [0, 0.05) is 6.54 Å². The summed E-state index contributed by atoms with van der Waals surface area (Å²) in [7, 11) is 0. The van der Waals surface area contributed by atoms with E-state index in [-0.39, 0.29) is 23.9 Å². The number of carbonyl (C=O) groups is 1. The van der Waals surface area contributed by atoms with Crippen molar-refractivity contribution >= 4 is 23.0 Å². The maximum Gasteiger partial charge on any atom is 0.299 e. The van der Waals surface area contributed by atoms with E-state index in [4.69, 9.17) is 4.42 Å². The number of amides is 1. The summed E-state index contributed by atoms with van der Waals surface area (Å²) in [6, 6.07) is 7.86. The molecule has 1 aliphatic rings. The van der Waals surface area contributed by atoms with E-state index < -0.39 is 0 Å². The fourth-order valence-electron chi connectivity index (χ4n) is 3.47. The van der Waals surface area contributed by atoms with Gasteiger partial charge in [0.25, 0.3) is 6.01 Å². The summed E-state index contributed by atoms with van der Waals surface area (Å²) in [5.74, 6) is 0.264. The van der Waals surface area contributed by atoms with Crippen LogP contribution in [0.1, 0.15) is 26.7 Å². The minimum absolute atomic E-state index is 0.000567. The number of fused-ring (bicyclic) bond motifs is 1. The molecule has 3 aromatic rings. The normalized spacial score (nSPS) is 18.3. The molecule has 0 saturated carbocycles. The summed E-state index contributed by atoms with van der Waals surface area (Å²) < 4.78 is 5.88. The Morgan fingerprint density at radius 1 is 1.30 bits per heavy atom. The molecule has 2 unspecified atom stereocenters. The second-order valence-corrected chi connectivity index (χ2v) is 7.26. The van der Waals surface area contributed by atoms with Crippen LogP contribution >= 0.6 is 0 Å². The molecule has 4 rings (SSSR count). The highest BCUT2D eigenvalue weighted by Crippen LogP contribution is 2.28. The largest absolute Gasteiger partial charge is 0.423 e. The van der Waals surface area contributed by atoms with Crippen LogP contribution in [-0.2, 0) is 11.3 Å². The maximum absolute atomic E-state index is 13.0. The molecule has 2 atom stereocenters. The third kappa shape index (κ3) is 3.65. The van der Waals surface area contributed by atoms with Gasteiger partial charge in [-0.15, -0.1) is 0 Å². The van der Waals surface area contributed by atoms with Gasteiger partial charge in [0.05, 0.1) is 25.0 Å². The van der Waals surface area contributed by atoms with E-state index in [1.54, 1.807) is 17.2 Å². The standard InChI is InChI=1S/C19H24N6O2/c1-13(2)15(12-25-20-9-10-21-25)22-18(26)16-7-5-11-24(16)19-23-14-6-3-4-8-17(14)27-19/h3-4,6,8-10,13,15-16H,5,7,11-12H2,1-2H3,(H,22,26). The molecule has 8 heteroatoms. The molecule has 0 bridgehead atoms. The smallest absolute Gasteiger partial charge is 0.299 e. The van der Waals surface area contributed by atoms with Crippen molar-refractivity contribution in [2.45, 2.75) is 45.3 Å². The predicted octanol–water partition coefficient (Wildman–Crippen LogP) is 2.23. The monoisotopic (exact) mass is 368 g/mol. The first kappa shape index (κ1) is 17.5. The van der Waals surface area contributed by atoms with Crippen molar-refractivity contribution in [2.24, 2.45) is 5.92 Å². The third-order valence-electron chi connectivity index (χ3n) is 5.04. The summed E-state index contributed by atoms with van der Waals surface area (Å²) in [5, 5.41) is 11.5. The SMILES string of the molecule is CC(C)C(Cn1nccn1)NC(=O)C1CCCN1c1nc2ccccc2o1. The van der Waals surface area contributed by atoms with Crippen molar-refractivity contribution in [3.8, 4) is 0 Å². The number of hydrogen-bond acceptors (Lipinski definition) is 6. The van der Waals surface area contributed by atoms with E-state index in [1.807, 2.05) is 29.2 Å². The molecule has 27 heavy (non-hydrogen) atoms. The molecule has 1 fully saturated rings. The summed E-state index contributed by atoms with van der Waals surface area (Å²) in [5.41, 5.74) is 1.55. The zero-order chi connectivity index (χ0) is 18.8. The number of aromatic nitrogens is 4. The predicted molar refractivity (Wildman–Crippen MR) is 101 cm³/mol. The highest BCUT2D eigenvalue weighted by atomic mass is 16.4. The summed E-state index contributed by atoms with van der Waals surface area (Å²) in [6.45, 7) is 5.48. The molecular weight excluding hydrogens is 344 g/mol. The van der Waals surface area contributed by atoms with Crippen LogP contribution in [0.4, 0.5) is 6.01 Å². The number of nitrogens with zero attached hydrogens (tertiary/aromatic N) is 5. The third-order valence-corrected chi connectivity index (χ3v) is 5.04. The Labute approximate surface area is 157 Å². The first-order chi connectivity index (χ1) is 13.1. The molecule has 8 nitrogen and oxygen atoms in total. The fraction of sp³-hybridized carbons (Fsp3) is 0.474. The Morgan fingerprint density at radius 3 is 2.81 bits per heavy atom. The Kier molecular flexibility index (Phi) is 4.79. The van der Waals surface area contributed by atoms with Crippen LogP contribution in [0.25, 0.3) is 11.1 Å². The van der Waals surface area contributed by atoms with Crippen LogP contribution in [0.2, 0.25) is 0 Å². The van der Waals surface area contributed by atoms with Crippen LogP contribution in [0, 0.1) is 5.92 Å². The Bertz CT molecular complexity index is 871. The molecule has 2 aromatic heterocycles. The number of para-hydroxylation sites is 2. The number of carbonyl (C=O) groups excluding carboxylic acids is 1. The topological polar surface area (TPSA) is 89.1 Å². The van der Waals surface area contributed by atoms with Crippen LogP contribution in [0.3, 0.4) is 0 Å². The average Bonchev–Trinajstić information content (AvgIpc) is 3.39. The summed E-state index contributed by atoms with van der Waals surface area (Å²) in [6.07, 6.45) is 5.01. The van der Waals surface area contributed by atoms with Gasteiger partial charge in [0.1, 0.15) is 11.6 Å². The zero-order valence-corrected chi connectivity index (χ0v) is 15.6. The molecule has 1 aliphatic heterocycles. The maximum atomic E-state index is 13.0. The van der Waals surface area contributed by atoms with Gasteiger partial charge in [-0.05, 0) is 30.9 Å². The molecule has 1 amide bonds. The summed E-state index contributed by atoms with van der Waals surface area (Å²) >= 11 is 0. The lowest BCUT2D eigenvalue weighted by Crippen LogP contribution is -2.50. The van der Waals surface area contributed by atoms with Crippen molar-refractivity contribution in [3.05, 3.63) is 36.7 Å². The van der Waals surface area contributed by atoms with Crippen molar-refractivity contribution < 1.29 is 9.21 Å². The number of nitrogens with one attached hydrogen (secondary N) is 1. The molecule has 0 aliphatic carbocycles. The van der Waals surface area contributed by atoms with Gasteiger partial charge < -0.3 is 14.6 Å². The number of rotatable bonds is 6. The molecule has 142 valence electrons. The second kappa shape index (κ2) is 7.38. The second-order valence-electron chi connectivity index (χ2n) is 7.26. The van der Waals surface area contributed by atoms with Crippen LogP contribution in [0.15, 0.2) is 41.1 Å². The molecule has 1 saturated heterocycles. The van der Waals surface area contributed by atoms with E-state index >= 15 is 0 Å². The van der Waals surface area contributed by atoms with E-state index in [0.717, 1.165) is 30.5 Å². The van der Waals surface area contributed by atoms with Crippen molar-refractivity contribution in [1.29, 1.82) is 0 Å². The molecule has 1 aromatic carbocycles. The van der Waals surface area contributed by atoms with Crippen molar-refractivity contribution in [1.82, 2.24) is 25.3 Å². The van der Waals surface area contributed by atoms with E-state index in [1.165, 1.54) is 0 Å². The first-order valence-electron chi connectivity index (χ1n) is 9.38. The number of benzene rings is 1. The molecule has 1 N–H and O–H groups in total. The summed E-state index contributed by atoms with van der Waals surface area (Å²) in [4.78, 5) is 21.2. The first-order valence-corrected chi connectivity index (χ1v) is 9.38. The number of anilines is 1. The molecule has 0 radical (unpaired) electrons. The zero-order valence-electron chi connectivity index (χ0n) is 15.6. The van der Waals surface area contributed by atoms with E-state index in [9.17, 15) is 4.79 Å². The lowest BCUT2D eigenvalue weighted by molar-refractivity contribution is -0.123. The minimum Gasteiger partial charge on any atom is -0.423 e. The number of hydrogen-bond donors (Lipinski definition) is 1. The molecule has 0 spiro atoms. The van der Waals surface area contributed by atoms with E-state index in [2.05, 4.69) is 34.3 Å². The molecule has 3 heterocycles. The van der Waals surface area contributed by atoms with Crippen LogP contribution in [0.5, 0.6) is 0 Å². The van der Waals surface area contributed by atoms with Crippen molar-refractivity contribution in [3.63, 3.8) is 0 Å². The average molecular weight is 368 g/mol. The van der Waals surface area contributed by atoms with Crippen LogP contribution < -0.4 is 10.2 Å². The lowest BCUT2D eigenvalue weighted by atomic mass is 10.0. The van der Waals surface area contributed by atoms with Gasteiger partial charge in [0.15, 0.2) is 5.58 Å². The highest BCUT2D eigenvalue weighted by Gasteiger charge is 2.35. The Morgan fingerprint density at radius 2 is 2.07 bits per heavy atom. The van der Waals surface area contributed by atoms with Gasteiger partial charge in [-0.3, -0.25) is 4.79 Å². The van der Waals surface area contributed by atoms with Crippen molar-refractivity contribution in [2.75, 3.05) is 11.4 Å². The van der Waals surface area contributed by atoms with Gasteiger partial charge >= 0.3 is 0 Å². The Hall–Kier alpha value is -2.90. The molecular formula is C19H24N6O2.